The van der Waals surface area contributed by atoms with Crippen molar-refractivity contribution in [1.82, 2.24) is 9.97 Å². The fraction of sp³-hybridized carbons (Fsp3) is 0.500. The number of H-pyrrole nitrogens is 1. The van der Waals surface area contributed by atoms with Crippen molar-refractivity contribution in [3.63, 3.8) is 0 Å². The summed E-state index contributed by atoms with van der Waals surface area (Å²) < 4.78 is 15.8. The summed E-state index contributed by atoms with van der Waals surface area (Å²) >= 11 is 0. The van der Waals surface area contributed by atoms with E-state index in [0.29, 0.717) is 19.2 Å². The van der Waals surface area contributed by atoms with Gasteiger partial charge in [-0.1, -0.05) is 0 Å². The van der Waals surface area contributed by atoms with E-state index in [2.05, 4.69) is 27.0 Å². The number of fused-ring (bicyclic) bond motifs is 1. The van der Waals surface area contributed by atoms with Crippen LogP contribution in [0.2, 0.25) is 0 Å². The van der Waals surface area contributed by atoms with Crippen molar-refractivity contribution in [2.24, 2.45) is 0 Å². The number of ether oxygens (including phenoxy) is 3. The molecule has 1 aromatic carbocycles. The quantitative estimate of drug-likeness (QED) is 0.838. The first-order valence-electron chi connectivity index (χ1n) is 6.81. The average molecular weight is 277 g/mol. The summed E-state index contributed by atoms with van der Waals surface area (Å²) in [7, 11) is 1.65. The van der Waals surface area contributed by atoms with E-state index in [1.165, 1.54) is 5.69 Å². The number of nitrogens with zero attached hydrogens (tertiary/aromatic N) is 2. The number of aromatic amines is 1. The van der Waals surface area contributed by atoms with Crippen LogP contribution < -0.4 is 9.64 Å². The molecule has 0 saturated carbocycles. The van der Waals surface area contributed by atoms with Gasteiger partial charge in [0.2, 0.25) is 0 Å². The molecule has 1 fully saturated rings. The molecule has 108 valence electrons. The molecule has 1 aliphatic rings. The Morgan fingerprint density at radius 1 is 1.30 bits per heavy atom. The fourth-order valence-corrected chi connectivity index (χ4v) is 2.28. The van der Waals surface area contributed by atoms with Crippen molar-refractivity contribution in [3.05, 3.63) is 18.2 Å². The lowest BCUT2D eigenvalue weighted by Crippen LogP contribution is -2.36. The molecule has 0 aliphatic carbocycles. The van der Waals surface area contributed by atoms with Crippen LogP contribution in [0, 0.1) is 0 Å². The van der Waals surface area contributed by atoms with Gasteiger partial charge < -0.3 is 24.1 Å². The number of hydrogen-bond donors (Lipinski definition) is 1. The van der Waals surface area contributed by atoms with Crippen molar-refractivity contribution in [1.29, 1.82) is 0 Å². The number of benzene rings is 1. The van der Waals surface area contributed by atoms with Crippen LogP contribution in [0.15, 0.2) is 18.2 Å². The van der Waals surface area contributed by atoms with Crippen LogP contribution in [-0.2, 0) is 9.47 Å². The van der Waals surface area contributed by atoms with Crippen LogP contribution in [0.25, 0.3) is 11.0 Å². The smallest absolute Gasteiger partial charge is 0.294 e. The third-order valence-corrected chi connectivity index (χ3v) is 3.35. The first kappa shape index (κ1) is 13.2. The minimum Gasteiger partial charge on any atom is -0.462 e. The average Bonchev–Trinajstić information content (AvgIpc) is 2.90. The van der Waals surface area contributed by atoms with Crippen LogP contribution in [0.5, 0.6) is 6.01 Å². The number of nitrogens with one attached hydrogen (secondary N) is 1. The summed E-state index contributed by atoms with van der Waals surface area (Å²) in [5.74, 6) is 0. The summed E-state index contributed by atoms with van der Waals surface area (Å²) in [6.07, 6.45) is 0. The van der Waals surface area contributed by atoms with Crippen molar-refractivity contribution in [3.8, 4) is 6.01 Å². The van der Waals surface area contributed by atoms with E-state index in [0.717, 1.165) is 37.3 Å². The highest BCUT2D eigenvalue weighted by molar-refractivity contribution is 5.80. The lowest BCUT2D eigenvalue weighted by atomic mass is 10.2. The third-order valence-electron chi connectivity index (χ3n) is 3.35. The van der Waals surface area contributed by atoms with Crippen molar-refractivity contribution in [2.45, 2.75) is 0 Å². The van der Waals surface area contributed by atoms with Crippen LogP contribution in [0.1, 0.15) is 0 Å². The van der Waals surface area contributed by atoms with Gasteiger partial charge in [-0.3, -0.25) is 0 Å². The van der Waals surface area contributed by atoms with Gasteiger partial charge in [0.1, 0.15) is 6.61 Å². The first-order chi connectivity index (χ1) is 9.86. The molecule has 3 rings (SSSR count). The minimum atomic E-state index is 0.493. The molecule has 6 nitrogen and oxygen atoms in total. The van der Waals surface area contributed by atoms with Gasteiger partial charge in [-0.2, -0.15) is 4.98 Å². The fourth-order valence-electron chi connectivity index (χ4n) is 2.28. The monoisotopic (exact) mass is 277 g/mol. The van der Waals surface area contributed by atoms with Gasteiger partial charge in [0.25, 0.3) is 6.01 Å². The molecule has 0 spiro atoms. The summed E-state index contributed by atoms with van der Waals surface area (Å²) in [6.45, 7) is 4.47. The van der Waals surface area contributed by atoms with Crippen LogP contribution >= 0.6 is 0 Å². The van der Waals surface area contributed by atoms with E-state index in [1.807, 2.05) is 6.07 Å². The second-order valence-corrected chi connectivity index (χ2v) is 4.68. The van der Waals surface area contributed by atoms with Gasteiger partial charge in [0.05, 0.1) is 30.9 Å². The number of morpholine rings is 1. The lowest BCUT2D eigenvalue weighted by Gasteiger charge is -2.28. The minimum absolute atomic E-state index is 0.493. The predicted molar refractivity (Wildman–Crippen MR) is 76.5 cm³/mol. The predicted octanol–water partition coefficient (Wildman–Crippen LogP) is 1.42. The molecule has 0 bridgehead atoms. The Hall–Kier alpha value is -1.79. The summed E-state index contributed by atoms with van der Waals surface area (Å²) in [6, 6.07) is 6.75. The Morgan fingerprint density at radius 3 is 2.95 bits per heavy atom. The van der Waals surface area contributed by atoms with Gasteiger partial charge in [-0.15, -0.1) is 0 Å². The summed E-state index contributed by atoms with van der Waals surface area (Å²) in [5, 5.41) is 0. The van der Waals surface area contributed by atoms with E-state index in [9.17, 15) is 0 Å². The zero-order valence-corrected chi connectivity index (χ0v) is 11.6. The number of anilines is 1. The zero-order valence-electron chi connectivity index (χ0n) is 11.6. The normalized spacial score (nSPS) is 15.8. The van der Waals surface area contributed by atoms with E-state index >= 15 is 0 Å². The molecular formula is C14H19N3O3. The molecular weight excluding hydrogens is 258 g/mol. The van der Waals surface area contributed by atoms with Gasteiger partial charge in [0, 0.05) is 25.9 Å². The molecule has 1 N–H and O–H groups in total. The number of rotatable bonds is 5. The molecule has 1 aliphatic heterocycles. The van der Waals surface area contributed by atoms with E-state index < -0.39 is 0 Å². The van der Waals surface area contributed by atoms with E-state index in [1.54, 1.807) is 7.11 Å². The number of imidazole rings is 1. The SMILES string of the molecule is COCCOc1nc2ccc(N3CCOCC3)cc2[nH]1. The van der Waals surface area contributed by atoms with Crippen LogP contribution in [0.3, 0.4) is 0 Å². The van der Waals surface area contributed by atoms with Crippen LogP contribution in [-0.4, -0.2) is 56.6 Å². The number of methoxy groups -OCH3 is 1. The number of aromatic nitrogens is 2. The standard InChI is InChI=1S/C14H19N3O3/c1-18-8-9-20-14-15-12-3-2-11(10-13(12)16-14)17-4-6-19-7-5-17/h2-3,10H,4-9H2,1H3,(H,15,16). The van der Waals surface area contributed by atoms with E-state index in [-0.39, 0.29) is 0 Å². The van der Waals surface area contributed by atoms with Gasteiger partial charge in [0.15, 0.2) is 0 Å². The molecule has 0 amide bonds. The lowest BCUT2D eigenvalue weighted by molar-refractivity contribution is 0.122. The number of hydrogen-bond acceptors (Lipinski definition) is 5. The highest BCUT2D eigenvalue weighted by Crippen LogP contribution is 2.23. The van der Waals surface area contributed by atoms with Crippen LogP contribution in [0.4, 0.5) is 5.69 Å². The highest BCUT2D eigenvalue weighted by atomic mass is 16.5. The molecule has 2 aromatic rings. The Kier molecular flexibility index (Phi) is 4.03. The van der Waals surface area contributed by atoms with Gasteiger partial charge >= 0.3 is 0 Å². The molecule has 0 atom stereocenters. The molecule has 0 radical (unpaired) electrons. The topological polar surface area (TPSA) is 59.6 Å². The van der Waals surface area contributed by atoms with E-state index in [4.69, 9.17) is 14.2 Å². The summed E-state index contributed by atoms with van der Waals surface area (Å²) in [4.78, 5) is 9.90. The molecule has 6 heteroatoms. The van der Waals surface area contributed by atoms with Crippen molar-refractivity contribution < 1.29 is 14.2 Å². The Bertz CT molecular complexity index is 564. The molecule has 1 saturated heterocycles. The van der Waals surface area contributed by atoms with Gasteiger partial charge in [-0.25, -0.2) is 0 Å². The maximum atomic E-state index is 5.49. The largest absolute Gasteiger partial charge is 0.462 e. The zero-order chi connectivity index (χ0) is 13.8. The first-order valence-corrected chi connectivity index (χ1v) is 6.81. The maximum Gasteiger partial charge on any atom is 0.294 e. The van der Waals surface area contributed by atoms with Crippen molar-refractivity contribution in [2.75, 3.05) is 51.5 Å². The van der Waals surface area contributed by atoms with Gasteiger partial charge in [-0.05, 0) is 18.2 Å². The third kappa shape index (κ3) is 2.86. The second kappa shape index (κ2) is 6.11. The highest BCUT2D eigenvalue weighted by Gasteiger charge is 2.12. The second-order valence-electron chi connectivity index (χ2n) is 4.68. The molecule has 20 heavy (non-hydrogen) atoms. The maximum absolute atomic E-state index is 5.49. The Labute approximate surface area is 117 Å². The summed E-state index contributed by atoms with van der Waals surface area (Å²) in [5.41, 5.74) is 3.09. The van der Waals surface area contributed by atoms with Crippen molar-refractivity contribution >= 4 is 16.7 Å². The Balaban J connectivity index is 1.76. The molecule has 2 heterocycles. The Morgan fingerprint density at radius 2 is 2.15 bits per heavy atom. The molecule has 0 unspecified atom stereocenters. The molecule has 1 aromatic heterocycles.